The summed E-state index contributed by atoms with van der Waals surface area (Å²) in [5.74, 6) is 0.523. The van der Waals surface area contributed by atoms with Gasteiger partial charge in [0.2, 0.25) is 5.91 Å². The lowest BCUT2D eigenvalue weighted by Gasteiger charge is -2.34. The standard InChI is InChI=1S/C20H28N2O3/c23-19(21-18-9-3-6-15-5-1-2-8-17(15)18)14-22-10-4-7-16(13-22)20-24-11-12-25-20/h1-2,5,8,16,18,20H,3-4,6-7,9-14H2,(H,21,23). The summed E-state index contributed by atoms with van der Waals surface area (Å²) >= 11 is 0. The minimum atomic E-state index is -0.0731. The monoisotopic (exact) mass is 344 g/mol. The molecule has 1 aromatic rings. The number of hydrogen-bond donors (Lipinski definition) is 1. The minimum Gasteiger partial charge on any atom is -0.350 e. The molecule has 2 atom stereocenters. The Labute approximate surface area is 149 Å². The summed E-state index contributed by atoms with van der Waals surface area (Å²) in [7, 11) is 0. The number of piperidine rings is 1. The number of ether oxygens (including phenoxy) is 2. The molecule has 2 heterocycles. The highest BCUT2D eigenvalue weighted by Gasteiger charge is 2.32. The Hall–Kier alpha value is -1.43. The summed E-state index contributed by atoms with van der Waals surface area (Å²) in [6.45, 7) is 3.74. The Bertz CT molecular complexity index is 600. The van der Waals surface area contributed by atoms with Gasteiger partial charge in [-0.3, -0.25) is 9.69 Å². The molecule has 0 spiro atoms. The average Bonchev–Trinajstić information content (AvgIpc) is 3.17. The Morgan fingerprint density at radius 3 is 2.88 bits per heavy atom. The maximum Gasteiger partial charge on any atom is 0.234 e. The Balaban J connectivity index is 1.32. The van der Waals surface area contributed by atoms with Gasteiger partial charge < -0.3 is 14.8 Å². The average molecular weight is 344 g/mol. The molecule has 2 unspecified atom stereocenters. The van der Waals surface area contributed by atoms with Crippen LogP contribution in [0.1, 0.15) is 42.9 Å². The van der Waals surface area contributed by atoms with Crippen molar-refractivity contribution < 1.29 is 14.3 Å². The van der Waals surface area contributed by atoms with Crippen LogP contribution in [0.3, 0.4) is 0 Å². The van der Waals surface area contributed by atoms with Crippen LogP contribution in [-0.2, 0) is 20.7 Å². The third-order valence-electron chi connectivity index (χ3n) is 5.65. The van der Waals surface area contributed by atoms with Crippen molar-refractivity contribution in [3.05, 3.63) is 35.4 Å². The van der Waals surface area contributed by atoms with E-state index in [0.717, 1.165) is 45.2 Å². The molecule has 2 aliphatic heterocycles. The van der Waals surface area contributed by atoms with Gasteiger partial charge in [0.1, 0.15) is 0 Å². The van der Waals surface area contributed by atoms with Crippen LogP contribution in [0, 0.1) is 5.92 Å². The molecule has 25 heavy (non-hydrogen) atoms. The lowest BCUT2D eigenvalue weighted by molar-refractivity contribution is -0.126. The molecule has 4 rings (SSSR count). The number of amides is 1. The topological polar surface area (TPSA) is 50.8 Å². The fourth-order valence-electron chi connectivity index (χ4n) is 4.45. The van der Waals surface area contributed by atoms with E-state index in [1.807, 2.05) is 0 Å². The normalized spacial score (nSPS) is 27.8. The first-order valence-electron chi connectivity index (χ1n) is 9.62. The smallest absolute Gasteiger partial charge is 0.234 e. The van der Waals surface area contributed by atoms with Gasteiger partial charge >= 0.3 is 0 Å². The van der Waals surface area contributed by atoms with Gasteiger partial charge in [-0.15, -0.1) is 0 Å². The minimum absolute atomic E-state index is 0.0731. The molecule has 3 aliphatic rings. The zero-order chi connectivity index (χ0) is 17.1. The Morgan fingerprint density at radius 2 is 2.00 bits per heavy atom. The summed E-state index contributed by atoms with van der Waals surface area (Å²) < 4.78 is 11.3. The zero-order valence-corrected chi connectivity index (χ0v) is 14.8. The van der Waals surface area contributed by atoms with E-state index in [4.69, 9.17) is 9.47 Å². The molecule has 0 bridgehead atoms. The number of benzene rings is 1. The number of nitrogens with one attached hydrogen (secondary N) is 1. The van der Waals surface area contributed by atoms with Crippen LogP contribution in [0.5, 0.6) is 0 Å². The Morgan fingerprint density at radius 1 is 1.16 bits per heavy atom. The number of aryl methyl sites for hydroxylation is 1. The third kappa shape index (κ3) is 4.05. The number of carbonyl (C=O) groups is 1. The largest absolute Gasteiger partial charge is 0.350 e. The molecule has 0 radical (unpaired) electrons. The molecule has 1 aromatic carbocycles. The van der Waals surface area contributed by atoms with Crippen LogP contribution in [0.25, 0.3) is 0 Å². The van der Waals surface area contributed by atoms with Gasteiger partial charge in [-0.05, 0) is 49.8 Å². The predicted molar refractivity (Wildman–Crippen MR) is 95.1 cm³/mol. The number of nitrogens with zero attached hydrogens (tertiary/aromatic N) is 1. The molecular weight excluding hydrogens is 316 g/mol. The van der Waals surface area contributed by atoms with Crippen molar-refractivity contribution in [1.82, 2.24) is 10.2 Å². The van der Waals surface area contributed by atoms with Gasteiger partial charge in [0, 0.05) is 12.5 Å². The van der Waals surface area contributed by atoms with Crippen molar-refractivity contribution in [1.29, 1.82) is 0 Å². The molecule has 2 saturated heterocycles. The van der Waals surface area contributed by atoms with E-state index in [-0.39, 0.29) is 18.2 Å². The van der Waals surface area contributed by atoms with Gasteiger partial charge in [-0.1, -0.05) is 24.3 Å². The van der Waals surface area contributed by atoms with Gasteiger partial charge in [-0.25, -0.2) is 0 Å². The molecule has 2 fully saturated rings. The first kappa shape index (κ1) is 17.0. The highest BCUT2D eigenvalue weighted by atomic mass is 16.7. The van der Waals surface area contributed by atoms with Crippen LogP contribution < -0.4 is 5.32 Å². The molecule has 5 heteroatoms. The SMILES string of the molecule is O=C(CN1CCCC(C2OCCO2)C1)NC1CCCc2ccccc21. The molecular formula is C20H28N2O3. The van der Waals surface area contributed by atoms with Gasteiger partial charge in [-0.2, -0.15) is 0 Å². The number of fused-ring (bicyclic) bond motifs is 1. The van der Waals surface area contributed by atoms with Crippen LogP contribution >= 0.6 is 0 Å². The Kier molecular flexibility index (Phi) is 5.34. The van der Waals surface area contributed by atoms with E-state index in [2.05, 4.69) is 34.5 Å². The molecule has 1 N–H and O–H groups in total. The number of rotatable bonds is 4. The van der Waals surface area contributed by atoms with E-state index in [0.29, 0.717) is 25.7 Å². The van der Waals surface area contributed by atoms with Crippen LogP contribution in [0.2, 0.25) is 0 Å². The molecule has 1 amide bonds. The third-order valence-corrected chi connectivity index (χ3v) is 5.65. The van der Waals surface area contributed by atoms with E-state index < -0.39 is 0 Å². The van der Waals surface area contributed by atoms with E-state index >= 15 is 0 Å². The van der Waals surface area contributed by atoms with Gasteiger partial charge in [0.15, 0.2) is 6.29 Å². The van der Waals surface area contributed by atoms with Crippen molar-refractivity contribution >= 4 is 5.91 Å². The molecule has 5 nitrogen and oxygen atoms in total. The second kappa shape index (κ2) is 7.85. The van der Waals surface area contributed by atoms with Gasteiger partial charge in [0.05, 0.1) is 25.8 Å². The highest BCUT2D eigenvalue weighted by molar-refractivity contribution is 5.78. The second-order valence-electron chi connectivity index (χ2n) is 7.46. The first-order valence-corrected chi connectivity index (χ1v) is 9.62. The fraction of sp³-hybridized carbons (Fsp3) is 0.650. The van der Waals surface area contributed by atoms with E-state index in [1.165, 1.54) is 11.1 Å². The van der Waals surface area contributed by atoms with Crippen molar-refractivity contribution in [2.24, 2.45) is 5.92 Å². The number of carbonyl (C=O) groups excluding carboxylic acids is 1. The fourth-order valence-corrected chi connectivity index (χ4v) is 4.45. The number of hydrogen-bond acceptors (Lipinski definition) is 4. The molecule has 0 saturated carbocycles. The van der Waals surface area contributed by atoms with E-state index in [9.17, 15) is 4.79 Å². The summed E-state index contributed by atoms with van der Waals surface area (Å²) in [4.78, 5) is 14.9. The zero-order valence-electron chi connectivity index (χ0n) is 14.8. The molecule has 136 valence electrons. The summed E-state index contributed by atoms with van der Waals surface area (Å²) in [6.07, 6.45) is 5.46. The second-order valence-corrected chi connectivity index (χ2v) is 7.46. The molecule has 1 aliphatic carbocycles. The quantitative estimate of drug-likeness (QED) is 0.910. The van der Waals surface area contributed by atoms with Crippen molar-refractivity contribution in [3.8, 4) is 0 Å². The van der Waals surface area contributed by atoms with Crippen LogP contribution in [0.15, 0.2) is 24.3 Å². The number of likely N-dealkylation sites (tertiary alicyclic amines) is 1. The summed E-state index contributed by atoms with van der Waals surface area (Å²) in [5, 5.41) is 3.26. The highest BCUT2D eigenvalue weighted by Crippen LogP contribution is 2.29. The lowest BCUT2D eigenvalue weighted by Crippen LogP contribution is -2.46. The van der Waals surface area contributed by atoms with Gasteiger partial charge in [0.25, 0.3) is 0 Å². The van der Waals surface area contributed by atoms with Crippen LogP contribution in [0.4, 0.5) is 0 Å². The lowest BCUT2D eigenvalue weighted by atomic mass is 9.88. The van der Waals surface area contributed by atoms with Crippen molar-refractivity contribution in [3.63, 3.8) is 0 Å². The predicted octanol–water partition coefficient (Wildman–Crippen LogP) is 2.27. The van der Waals surface area contributed by atoms with Crippen molar-refractivity contribution in [2.75, 3.05) is 32.8 Å². The molecule has 0 aromatic heterocycles. The van der Waals surface area contributed by atoms with Crippen LogP contribution in [-0.4, -0.2) is 49.9 Å². The summed E-state index contributed by atoms with van der Waals surface area (Å²) in [5.41, 5.74) is 2.68. The first-order chi connectivity index (χ1) is 12.3. The van der Waals surface area contributed by atoms with Crippen molar-refractivity contribution in [2.45, 2.75) is 44.4 Å². The maximum absolute atomic E-state index is 12.6. The summed E-state index contributed by atoms with van der Waals surface area (Å²) in [6, 6.07) is 8.67. The van der Waals surface area contributed by atoms with E-state index in [1.54, 1.807) is 0 Å². The maximum atomic E-state index is 12.6.